The highest BCUT2D eigenvalue weighted by Crippen LogP contribution is 2.34. The number of alkyl halides is 2. The third kappa shape index (κ3) is 2.37. The zero-order chi connectivity index (χ0) is 11.6. The van der Waals surface area contributed by atoms with E-state index in [2.05, 4.69) is 0 Å². The van der Waals surface area contributed by atoms with Crippen LogP contribution in [0, 0.1) is 0 Å². The van der Waals surface area contributed by atoms with Crippen molar-refractivity contribution >= 4 is 0 Å². The fraction of sp³-hybridized carbons (Fsp3) is 0.636. The molecule has 0 spiro atoms. The molecule has 0 aromatic carbocycles. The highest BCUT2D eigenvalue weighted by atomic mass is 19.3. The Balaban J connectivity index is 3.13. The minimum Gasteiger partial charge on any atom is -0.459 e. The van der Waals surface area contributed by atoms with Crippen molar-refractivity contribution in [1.82, 2.24) is 0 Å². The van der Waals surface area contributed by atoms with Gasteiger partial charge < -0.3 is 10.2 Å². The van der Waals surface area contributed by atoms with Crippen molar-refractivity contribution in [3.63, 3.8) is 0 Å². The molecule has 86 valence electrons. The predicted octanol–water partition coefficient (Wildman–Crippen LogP) is 3.36. The number of nitrogens with two attached hydrogens (primary N) is 1. The molecule has 0 aliphatic rings. The summed E-state index contributed by atoms with van der Waals surface area (Å²) in [5.74, 6) is 0.301. The van der Waals surface area contributed by atoms with Crippen molar-refractivity contribution in [3.8, 4) is 0 Å². The molecule has 0 atom stereocenters. The summed E-state index contributed by atoms with van der Waals surface area (Å²) in [5.41, 5.74) is 5.57. The van der Waals surface area contributed by atoms with Gasteiger partial charge in [0.05, 0.1) is 0 Å². The van der Waals surface area contributed by atoms with E-state index >= 15 is 0 Å². The first-order valence-electron chi connectivity index (χ1n) is 5.03. The molecule has 0 aliphatic heterocycles. The molecule has 15 heavy (non-hydrogen) atoms. The quantitative estimate of drug-likeness (QED) is 0.839. The molecule has 1 aromatic heterocycles. The normalized spacial score (nSPS) is 12.5. The molecule has 2 nitrogen and oxygen atoms in total. The summed E-state index contributed by atoms with van der Waals surface area (Å²) in [7, 11) is 0. The van der Waals surface area contributed by atoms with Crippen LogP contribution in [0.1, 0.15) is 50.7 Å². The third-order valence-corrected chi connectivity index (χ3v) is 2.81. The summed E-state index contributed by atoms with van der Waals surface area (Å²) in [4.78, 5) is 0. The molecule has 0 saturated heterocycles. The third-order valence-electron chi connectivity index (χ3n) is 2.81. The Labute approximate surface area is 88.5 Å². The Morgan fingerprint density at radius 2 is 2.07 bits per heavy atom. The topological polar surface area (TPSA) is 39.2 Å². The van der Waals surface area contributed by atoms with E-state index in [4.69, 9.17) is 10.2 Å². The smallest absolute Gasteiger partial charge is 0.295 e. The summed E-state index contributed by atoms with van der Waals surface area (Å²) < 4.78 is 30.3. The van der Waals surface area contributed by atoms with Crippen LogP contribution in [0.25, 0.3) is 0 Å². The Bertz CT molecular complexity index is 331. The van der Waals surface area contributed by atoms with Crippen LogP contribution in [0.5, 0.6) is 0 Å². The van der Waals surface area contributed by atoms with Gasteiger partial charge in [0.2, 0.25) is 0 Å². The van der Waals surface area contributed by atoms with Gasteiger partial charge >= 0.3 is 0 Å². The van der Waals surface area contributed by atoms with Crippen LogP contribution in [-0.4, -0.2) is 0 Å². The molecule has 0 saturated carbocycles. The maximum absolute atomic E-state index is 12.6. The first kappa shape index (κ1) is 12.2. The number of hydrogen-bond acceptors (Lipinski definition) is 2. The van der Waals surface area contributed by atoms with Gasteiger partial charge in [-0.15, -0.1) is 0 Å². The van der Waals surface area contributed by atoms with E-state index in [1.54, 1.807) is 6.07 Å². The van der Waals surface area contributed by atoms with E-state index in [9.17, 15) is 8.78 Å². The largest absolute Gasteiger partial charge is 0.459 e. The van der Waals surface area contributed by atoms with Crippen LogP contribution < -0.4 is 5.73 Å². The lowest BCUT2D eigenvalue weighted by atomic mass is 9.87. The van der Waals surface area contributed by atoms with E-state index in [0.29, 0.717) is 11.3 Å². The summed E-state index contributed by atoms with van der Waals surface area (Å²) >= 11 is 0. The Hall–Kier alpha value is -0.900. The van der Waals surface area contributed by atoms with Gasteiger partial charge in [-0.1, -0.05) is 20.8 Å². The van der Waals surface area contributed by atoms with E-state index in [1.165, 1.54) is 0 Å². The molecule has 0 aliphatic carbocycles. The minimum atomic E-state index is -2.59. The molecule has 1 aromatic rings. The van der Waals surface area contributed by atoms with Crippen molar-refractivity contribution in [3.05, 3.63) is 23.2 Å². The Kier molecular flexibility index (Phi) is 3.50. The molecular formula is C11H17F2NO. The Morgan fingerprint density at radius 3 is 2.40 bits per heavy atom. The lowest BCUT2D eigenvalue weighted by Crippen LogP contribution is -2.14. The van der Waals surface area contributed by atoms with Crippen LogP contribution in [0.4, 0.5) is 8.78 Å². The second-order valence-electron chi connectivity index (χ2n) is 4.24. The van der Waals surface area contributed by atoms with Crippen molar-refractivity contribution in [1.29, 1.82) is 0 Å². The van der Waals surface area contributed by atoms with Crippen LogP contribution >= 0.6 is 0 Å². The molecule has 0 radical (unpaired) electrons. The molecule has 2 N–H and O–H groups in total. The second kappa shape index (κ2) is 4.31. The van der Waals surface area contributed by atoms with Crippen molar-refractivity contribution in [2.24, 2.45) is 5.73 Å². The van der Waals surface area contributed by atoms with Gasteiger partial charge in [-0.25, -0.2) is 8.78 Å². The van der Waals surface area contributed by atoms with Gasteiger partial charge in [0.1, 0.15) is 5.76 Å². The summed E-state index contributed by atoms with van der Waals surface area (Å²) in [6.45, 7) is 6.00. The number of halogens is 2. The van der Waals surface area contributed by atoms with Crippen molar-refractivity contribution in [2.45, 2.75) is 45.6 Å². The summed E-state index contributed by atoms with van der Waals surface area (Å²) in [6, 6.07) is 1.64. The molecule has 0 amide bonds. The Morgan fingerprint density at radius 1 is 1.47 bits per heavy atom. The molecule has 0 bridgehead atoms. The first-order valence-corrected chi connectivity index (χ1v) is 5.03. The van der Waals surface area contributed by atoms with Crippen LogP contribution in [0.3, 0.4) is 0 Å². The molecular weight excluding hydrogens is 200 g/mol. The van der Waals surface area contributed by atoms with E-state index in [-0.39, 0.29) is 17.7 Å². The van der Waals surface area contributed by atoms with Gasteiger partial charge in [-0.05, 0) is 12.5 Å². The average molecular weight is 217 g/mol. The monoisotopic (exact) mass is 217 g/mol. The number of hydrogen-bond donors (Lipinski definition) is 1. The van der Waals surface area contributed by atoms with Gasteiger partial charge in [0.25, 0.3) is 6.43 Å². The standard InChI is InChI=1S/C11H17F2NO/c1-4-11(2,3)8-5-7(6-14)9(15-8)10(12)13/h5,10H,4,6,14H2,1-3H3. The van der Waals surface area contributed by atoms with Gasteiger partial charge in [-0.2, -0.15) is 0 Å². The predicted molar refractivity (Wildman–Crippen MR) is 54.9 cm³/mol. The van der Waals surface area contributed by atoms with Gasteiger partial charge in [0, 0.05) is 17.5 Å². The second-order valence-corrected chi connectivity index (χ2v) is 4.24. The van der Waals surface area contributed by atoms with Crippen molar-refractivity contribution < 1.29 is 13.2 Å². The van der Waals surface area contributed by atoms with Gasteiger partial charge in [-0.3, -0.25) is 0 Å². The fourth-order valence-electron chi connectivity index (χ4n) is 1.29. The lowest BCUT2D eigenvalue weighted by Gasteiger charge is -2.19. The summed E-state index contributed by atoms with van der Waals surface area (Å²) in [6.07, 6.45) is -1.77. The van der Waals surface area contributed by atoms with Crippen LogP contribution in [0.2, 0.25) is 0 Å². The van der Waals surface area contributed by atoms with Crippen LogP contribution in [0.15, 0.2) is 10.5 Å². The molecule has 4 heteroatoms. The fourth-order valence-corrected chi connectivity index (χ4v) is 1.29. The van der Waals surface area contributed by atoms with E-state index < -0.39 is 6.43 Å². The van der Waals surface area contributed by atoms with Crippen LogP contribution in [-0.2, 0) is 12.0 Å². The van der Waals surface area contributed by atoms with E-state index in [1.807, 2.05) is 20.8 Å². The zero-order valence-corrected chi connectivity index (χ0v) is 9.31. The molecule has 0 unspecified atom stereocenters. The van der Waals surface area contributed by atoms with Gasteiger partial charge in [0.15, 0.2) is 5.76 Å². The first-order chi connectivity index (χ1) is 6.92. The van der Waals surface area contributed by atoms with E-state index in [0.717, 1.165) is 6.42 Å². The molecule has 1 rings (SSSR count). The highest BCUT2D eigenvalue weighted by molar-refractivity contribution is 5.26. The summed E-state index contributed by atoms with van der Waals surface area (Å²) in [5, 5.41) is 0. The maximum Gasteiger partial charge on any atom is 0.295 e. The number of furan rings is 1. The minimum absolute atomic E-state index is 0.0863. The SMILES string of the molecule is CCC(C)(C)c1cc(CN)c(C(F)F)o1. The average Bonchev–Trinajstić information content (AvgIpc) is 2.62. The zero-order valence-electron chi connectivity index (χ0n) is 9.31. The molecule has 0 fully saturated rings. The number of rotatable bonds is 4. The molecule has 1 heterocycles. The van der Waals surface area contributed by atoms with Crippen molar-refractivity contribution in [2.75, 3.05) is 0 Å². The maximum atomic E-state index is 12.6. The lowest BCUT2D eigenvalue weighted by molar-refractivity contribution is 0.116. The highest BCUT2D eigenvalue weighted by Gasteiger charge is 2.27.